The van der Waals surface area contributed by atoms with Crippen LogP contribution >= 0.6 is 0 Å². The van der Waals surface area contributed by atoms with Crippen molar-refractivity contribution in [1.29, 1.82) is 0 Å². The Hall–Kier alpha value is -1.14. The molecule has 0 bridgehead atoms. The van der Waals surface area contributed by atoms with Crippen LogP contribution in [0.5, 0.6) is 0 Å². The van der Waals surface area contributed by atoms with Gasteiger partial charge in [-0.25, -0.2) is 4.68 Å². The molecule has 19 heavy (non-hydrogen) atoms. The van der Waals surface area contributed by atoms with Crippen molar-refractivity contribution in [3.8, 4) is 0 Å². The molecular weight excluding hydrogens is 244 g/mol. The van der Waals surface area contributed by atoms with Gasteiger partial charge in [-0.15, -0.1) is 5.10 Å². The lowest BCUT2D eigenvalue weighted by Gasteiger charge is -2.23. The fourth-order valence-electron chi connectivity index (χ4n) is 2.37. The van der Waals surface area contributed by atoms with Crippen LogP contribution in [0, 0.1) is 0 Å². The van der Waals surface area contributed by atoms with E-state index in [1.165, 1.54) is 6.42 Å². The van der Waals surface area contributed by atoms with Gasteiger partial charge in [0.1, 0.15) is 0 Å². The molecule has 1 aliphatic heterocycles. The van der Waals surface area contributed by atoms with Crippen molar-refractivity contribution < 1.29 is 9.47 Å². The third kappa shape index (κ3) is 3.67. The molecule has 1 fully saturated rings. The van der Waals surface area contributed by atoms with E-state index in [2.05, 4.69) is 31.1 Å². The van der Waals surface area contributed by atoms with Crippen LogP contribution in [0.2, 0.25) is 0 Å². The van der Waals surface area contributed by atoms with Gasteiger partial charge in [0.2, 0.25) is 0 Å². The summed E-state index contributed by atoms with van der Waals surface area (Å²) in [6, 6.07) is 0. The van der Waals surface area contributed by atoms with Gasteiger partial charge in [0.25, 0.3) is 0 Å². The lowest BCUT2D eigenvalue weighted by Crippen LogP contribution is -2.26. The molecule has 1 aromatic rings. The number of hydrogen-bond donors (Lipinski definition) is 1. The summed E-state index contributed by atoms with van der Waals surface area (Å²) < 4.78 is 13.1. The molecule has 0 aliphatic carbocycles. The number of nitrogen functional groups attached to an aromatic ring is 1. The quantitative estimate of drug-likeness (QED) is 0.899. The normalized spacial score (nSPS) is 20.7. The van der Waals surface area contributed by atoms with Crippen LogP contribution in [0.15, 0.2) is 0 Å². The predicted molar refractivity (Wildman–Crippen MR) is 72.7 cm³/mol. The van der Waals surface area contributed by atoms with Crippen LogP contribution in [0.3, 0.4) is 0 Å². The van der Waals surface area contributed by atoms with Crippen molar-refractivity contribution in [2.75, 3.05) is 18.9 Å². The van der Waals surface area contributed by atoms with E-state index in [-0.39, 0.29) is 11.7 Å². The highest BCUT2D eigenvalue weighted by Gasteiger charge is 2.24. The van der Waals surface area contributed by atoms with Gasteiger partial charge in [-0.2, -0.15) is 0 Å². The summed E-state index contributed by atoms with van der Waals surface area (Å²) in [5.74, 6) is 0.501. The summed E-state index contributed by atoms with van der Waals surface area (Å²) in [7, 11) is 0. The zero-order chi connectivity index (χ0) is 13.9. The maximum Gasteiger partial charge on any atom is 0.169 e. The molecule has 0 spiro atoms. The van der Waals surface area contributed by atoms with E-state index in [9.17, 15) is 0 Å². The molecule has 0 amide bonds. The first-order valence-corrected chi connectivity index (χ1v) is 6.91. The van der Waals surface area contributed by atoms with Gasteiger partial charge in [-0.05, 0) is 19.3 Å². The second-order valence-electron chi connectivity index (χ2n) is 5.96. The summed E-state index contributed by atoms with van der Waals surface area (Å²) in [4.78, 5) is 0. The van der Waals surface area contributed by atoms with Gasteiger partial charge in [-0.1, -0.05) is 26.0 Å². The SMILES string of the molecule is CC(C)(C)c1c(N)nnn1CCOC1CCCCO1. The van der Waals surface area contributed by atoms with Crippen molar-refractivity contribution in [3.63, 3.8) is 0 Å². The van der Waals surface area contributed by atoms with Crippen LogP contribution < -0.4 is 5.73 Å². The topological polar surface area (TPSA) is 75.2 Å². The molecule has 0 saturated carbocycles. The summed E-state index contributed by atoms with van der Waals surface area (Å²) >= 11 is 0. The van der Waals surface area contributed by atoms with E-state index in [1.807, 2.05) is 4.68 Å². The van der Waals surface area contributed by atoms with Gasteiger partial charge >= 0.3 is 0 Å². The van der Waals surface area contributed by atoms with Crippen LogP contribution in [0.4, 0.5) is 5.82 Å². The fourth-order valence-corrected chi connectivity index (χ4v) is 2.37. The number of anilines is 1. The number of nitrogens with zero attached hydrogens (tertiary/aromatic N) is 3. The van der Waals surface area contributed by atoms with Gasteiger partial charge < -0.3 is 15.2 Å². The Morgan fingerprint density at radius 2 is 2.21 bits per heavy atom. The van der Waals surface area contributed by atoms with Crippen molar-refractivity contribution >= 4 is 5.82 Å². The largest absolute Gasteiger partial charge is 0.381 e. The van der Waals surface area contributed by atoms with E-state index in [0.29, 0.717) is 19.0 Å². The number of hydrogen-bond acceptors (Lipinski definition) is 5. The smallest absolute Gasteiger partial charge is 0.169 e. The van der Waals surface area contributed by atoms with E-state index < -0.39 is 0 Å². The molecule has 1 aliphatic rings. The molecule has 1 aromatic heterocycles. The van der Waals surface area contributed by atoms with Gasteiger partial charge in [0.05, 0.1) is 18.8 Å². The zero-order valence-corrected chi connectivity index (χ0v) is 12.1. The second kappa shape index (κ2) is 5.88. The van der Waals surface area contributed by atoms with E-state index in [1.54, 1.807) is 0 Å². The van der Waals surface area contributed by atoms with Crippen molar-refractivity contribution in [1.82, 2.24) is 15.0 Å². The standard InChI is InChI=1S/C13H24N4O2/c1-13(2,3)11-12(14)15-16-17(11)7-9-19-10-6-4-5-8-18-10/h10H,4-9,14H2,1-3H3. The Labute approximate surface area is 114 Å². The number of aromatic nitrogens is 3. The van der Waals surface area contributed by atoms with E-state index in [4.69, 9.17) is 15.2 Å². The molecule has 0 radical (unpaired) electrons. The molecule has 2 rings (SSSR count). The van der Waals surface area contributed by atoms with Crippen molar-refractivity contribution in [3.05, 3.63) is 5.69 Å². The average Bonchev–Trinajstić information content (AvgIpc) is 2.72. The molecular formula is C13H24N4O2. The maximum atomic E-state index is 5.88. The number of ether oxygens (including phenoxy) is 2. The molecule has 1 atom stereocenters. The molecule has 2 heterocycles. The second-order valence-corrected chi connectivity index (χ2v) is 5.96. The third-order valence-corrected chi connectivity index (χ3v) is 3.22. The monoisotopic (exact) mass is 268 g/mol. The van der Waals surface area contributed by atoms with E-state index in [0.717, 1.165) is 25.1 Å². The first-order chi connectivity index (χ1) is 8.98. The average molecular weight is 268 g/mol. The molecule has 0 aromatic carbocycles. The van der Waals surface area contributed by atoms with Crippen LogP contribution in [0.1, 0.15) is 45.7 Å². The van der Waals surface area contributed by atoms with Crippen LogP contribution in [-0.4, -0.2) is 34.5 Å². The number of nitrogens with two attached hydrogens (primary N) is 1. The highest BCUT2D eigenvalue weighted by molar-refractivity contribution is 5.37. The number of rotatable bonds is 4. The van der Waals surface area contributed by atoms with Gasteiger partial charge in [0.15, 0.2) is 12.1 Å². The summed E-state index contributed by atoms with van der Waals surface area (Å²) in [6.45, 7) is 8.32. The fraction of sp³-hybridized carbons (Fsp3) is 0.846. The van der Waals surface area contributed by atoms with Crippen LogP contribution in [0.25, 0.3) is 0 Å². The summed E-state index contributed by atoms with van der Waals surface area (Å²) in [5, 5.41) is 8.04. The lowest BCUT2D eigenvalue weighted by atomic mass is 9.92. The summed E-state index contributed by atoms with van der Waals surface area (Å²) in [5.41, 5.74) is 6.77. The minimum absolute atomic E-state index is 0.0623. The first-order valence-electron chi connectivity index (χ1n) is 6.91. The molecule has 2 N–H and O–H groups in total. The molecule has 6 nitrogen and oxygen atoms in total. The zero-order valence-electron chi connectivity index (χ0n) is 12.1. The molecule has 1 unspecified atom stereocenters. The predicted octanol–water partition coefficient (Wildman–Crippen LogP) is 1.70. The lowest BCUT2D eigenvalue weighted by molar-refractivity contribution is -0.163. The van der Waals surface area contributed by atoms with Crippen LogP contribution in [-0.2, 0) is 21.4 Å². The third-order valence-electron chi connectivity index (χ3n) is 3.22. The minimum Gasteiger partial charge on any atom is -0.381 e. The molecule has 108 valence electrons. The highest BCUT2D eigenvalue weighted by Crippen LogP contribution is 2.25. The Morgan fingerprint density at radius 1 is 1.42 bits per heavy atom. The highest BCUT2D eigenvalue weighted by atomic mass is 16.7. The Kier molecular flexibility index (Phi) is 4.42. The van der Waals surface area contributed by atoms with Gasteiger partial charge in [0, 0.05) is 12.0 Å². The Morgan fingerprint density at radius 3 is 2.84 bits per heavy atom. The van der Waals surface area contributed by atoms with Gasteiger partial charge in [-0.3, -0.25) is 0 Å². The summed E-state index contributed by atoms with van der Waals surface area (Å²) in [6.07, 6.45) is 3.22. The maximum absolute atomic E-state index is 5.88. The Bertz CT molecular complexity index is 405. The van der Waals surface area contributed by atoms with E-state index >= 15 is 0 Å². The minimum atomic E-state index is -0.0745. The molecule has 6 heteroatoms. The molecule has 1 saturated heterocycles. The van der Waals surface area contributed by atoms with Crippen molar-refractivity contribution in [2.45, 2.75) is 58.3 Å². The first kappa shape index (κ1) is 14.3. The Balaban J connectivity index is 1.89. The van der Waals surface area contributed by atoms with Crippen molar-refractivity contribution in [2.24, 2.45) is 0 Å².